The van der Waals surface area contributed by atoms with Crippen molar-refractivity contribution in [3.63, 3.8) is 0 Å². The summed E-state index contributed by atoms with van der Waals surface area (Å²) in [4.78, 5) is 4.18. The Bertz CT molecular complexity index is 673. The molecule has 4 nitrogen and oxygen atoms in total. The molecule has 0 spiro atoms. The summed E-state index contributed by atoms with van der Waals surface area (Å²) < 4.78 is 1.98. The number of benzene rings is 1. The second-order valence-electron chi connectivity index (χ2n) is 4.74. The van der Waals surface area contributed by atoms with Crippen molar-refractivity contribution in [3.8, 4) is 0 Å². The quantitative estimate of drug-likeness (QED) is 0.778. The van der Waals surface area contributed by atoms with Gasteiger partial charge in [-0.2, -0.15) is 5.10 Å². The number of pyridine rings is 1. The third kappa shape index (κ3) is 2.11. The number of nitrogens with zero attached hydrogens (tertiary/aromatic N) is 3. The molecule has 2 N–H and O–H groups in total. The molecule has 0 saturated carbocycles. The Hall–Kier alpha value is -2.20. The van der Waals surface area contributed by atoms with Crippen molar-refractivity contribution in [3.05, 3.63) is 60.6 Å². The topological polar surface area (TPSA) is 56.7 Å². The highest BCUT2D eigenvalue weighted by molar-refractivity contribution is 5.78. The molecule has 0 amide bonds. The maximum absolute atomic E-state index is 6.16. The number of rotatable bonds is 3. The van der Waals surface area contributed by atoms with Crippen molar-refractivity contribution >= 4 is 10.9 Å². The maximum atomic E-state index is 6.16. The standard InChI is InChI=1S/C15H16N4/c1-11(16)15(13-6-4-8-17-9-13)19-14-7-3-2-5-12(14)10-18-19/h2-11,15H,16H2,1H3. The van der Waals surface area contributed by atoms with Gasteiger partial charge in [-0.05, 0) is 24.6 Å². The van der Waals surface area contributed by atoms with Gasteiger partial charge < -0.3 is 5.73 Å². The zero-order valence-electron chi connectivity index (χ0n) is 10.8. The van der Waals surface area contributed by atoms with Crippen LogP contribution in [-0.4, -0.2) is 20.8 Å². The van der Waals surface area contributed by atoms with E-state index in [1.54, 1.807) is 6.20 Å². The zero-order valence-corrected chi connectivity index (χ0v) is 10.8. The van der Waals surface area contributed by atoms with Crippen LogP contribution in [0.5, 0.6) is 0 Å². The van der Waals surface area contributed by atoms with Crippen molar-refractivity contribution < 1.29 is 0 Å². The van der Waals surface area contributed by atoms with Crippen LogP contribution < -0.4 is 5.73 Å². The number of para-hydroxylation sites is 1. The van der Waals surface area contributed by atoms with Gasteiger partial charge in [0, 0.05) is 23.8 Å². The summed E-state index contributed by atoms with van der Waals surface area (Å²) in [6.45, 7) is 1.99. The van der Waals surface area contributed by atoms with E-state index in [4.69, 9.17) is 5.73 Å². The Balaban J connectivity index is 2.16. The Morgan fingerprint density at radius 2 is 1.95 bits per heavy atom. The first-order chi connectivity index (χ1) is 9.27. The van der Waals surface area contributed by atoms with Gasteiger partial charge in [-0.3, -0.25) is 9.67 Å². The Kier molecular flexibility index (Phi) is 3.01. The van der Waals surface area contributed by atoms with Gasteiger partial charge in [0.05, 0.1) is 17.8 Å². The van der Waals surface area contributed by atoms with E-state index >= 15 is 0 Å². The Labute approximate surface area is 111 Å². The predicted molar refractivity (Wildman–Crippen MR) is 75.8 cm³/mol. The SMILES string of the molecule is CC(N)C(c1cccnc1)n1ncc2ccccc21. The lowest BCUT2D eigenvalue weighted by molar-refractivity contribution is 0.465. The smallest absolute Gasteiger partial charge is 0.0938 e. The van der Waals surface area contributed by atoms with Crippen molar-refractivity contribution in [1.82, 2.24) is 14.8 Å². The van der Waals surface area contributed by atoms with Gasteiger partial charge in [-0.25, -0.2) is 0 Å². The first-order valence-corrected chi connectivity index (χ1v) is 6.35. The van der Waals surface area contributed by atoms with E-state index in [0.717, 1.165) is 16.5 Å². The van der Waals surface area contributed by atoms with Crippen LogP contribution >= 0.6 is 0 Å². The average Bonchev–Trinajstić information content (AvgIpc) is 2.84. The Morgan fingerprint density at radius 1 is 1.11 bits per heavy atom. The fourth-order valence-electron chi connectivity index (χ4n) is 2.43. The minimum Gasteiger partial charge on any atom is -0.326 e. The first-order valence-electron chi connectivity index (χ1n) is 6.35. The van der Waals surface area contributed by atoms with Gasteiger partial charge in [0.1, 0.15) is 0 Å². The molecule has 2 atom stereocenters. The lowest BCUT2D eigenvalue weighted by Gasteiger charge is -2.22. The highest BCUT2D eigenvalue weighted by atomic mass is 15.3. The van der Waals surface area contributed by atoms with Gasteiger partial charge in [0.2, 0.25) is 0 Å². The molecule has 2 unspecified atom stereocenters. The summed E-state index contributed by atoms with van der Waals surface area (Å²) in [5.74, 6) is 0. The van der Waals surface area contributed by atoms with Crippen LogP contribution in [0.4, 0.5) is 0 Å². The van der Waals surface area contributed by atoms with E-state index in [1.165, 1.54) is 0 Å². The number of aromatic nitrogens is 3. The van der Waals surface area contributed by atoms with E-state index in [-0.39, 0.29) is 12.1 Å². The number of hydrogen-bond donors (Lipinski definition) is 1. The molecule has 3 rings (SSSR count). The highest BCUT2D eigenvalue weighted by Gasteiger charge is 2.20. The second-order valence-corrected chi connectivity index (χ2v) is 4.74. The van der Waals surface area contributed by atoms with Crippen LogP contribution in [0.1, 0.15) is 18.5 Å². The van der Waals surface area contributed by atoms with Crippen molar-refractivity contribution in [2.45, 2.75) is 19.0 Å². The lowest BCUT2D eigenvalue weighted by Crippen LogP contribution is -2.31. The van der Waals surface area contributed by atoms with Crippen molar-refractivity contribution in [1.29, 1.82) is 0 Å². The molecule has 0 bridgehead atoms. The summed E-state index contributed by atoms with van der Waals surface area (Å²) in [5.41, 5.74) is 8.33. The third-order valence-electron chi connectivity index (χ3n) is 3.29. The van der Waals surface area contributed by atoms with Gasteiger partial charge in [0.15, 0.2) is 0 Å². The first kappa shape index (κ1) is 11.9. The molecule has 3 aromatic rings. The van der Waals surface area contributed by atoms with E-state index in [0.29, 0.717) is 0 Å². The summed E-state index contributed by atoms with van der Waals surface area (Å²) >= 11 is 0. The van der Waals surface area contributed by atoms with Gasteiger partial charge in [0.25, 0.3) is 0 Å². The largest absolute Gasteiger partial charge is 0.326 e. The summed E-state index contributed by atoms with van der Waals surface area (Å²) in [5, 5.41) is 5.62. The number of hydrogen-bond acceptors (Lipinski definition) is 3. The highest BCUT2D eigenvalue weighted by Crippen LogP contribution is 2.24. The summed E-state index contributed by atoms with van der Waals surface area (Å²) in [6, 6.07) is 12.1. The van der Waals surface area contributed by atoms with Crippen LogP contribution in [0, 0.1) is 0 Å². The molecule has 0 radical (unpaired) electrons. The normalized spacial score (nSPS) is 14.4. The fraction of sp³-hybridized carbons (Fsp3) is 0.200. The molecule has 0 fully saturated rings. The van der Waals surface area contributed by atoms with E-state index in [2.05, 4.69) is 22.2 Å². The molecule has 2 heterocycles. The van der Waals surface area contributed by atoms with Crippen LogP contribution in [0.15, 0.2) is 55.0 Å². The molecule has 1 aromatic carbocycles. The second kappa shape index (κ2) is 4.82. The van der Waals surface area contributed by atoms with E-state index in [9.17, 15) is 0 Å². The van der Waals surface area contributed by atoms with Crippen LogP contribution in [0.3, 0.4) is 0 Å². The van der Waals surface area contributed by atoms with Crippen LogP contribution in [0.2, 0.25) is 0 Å². The van der Waals surface area contributed by atoms with Gasteiger partial charge in [-0.1, -0.05) is 24.3 Å². The molecule has 19 heavy (non-hydrogen) atoms. The minimum atomic E-state index is -0.0486. The molecule has 0 aliphatic heterocycles. The molecular formula is C15H16N4. The third-order valence-corrected chi connectivity index (χ3v) is 3.29. The van der Waals surface area contributed by atoms with E-state index in [1.807, 2.05) is 48.3 Å². The molecule has 0 saturated heterocycles. The lowest BCUT2D eigenvalue weighted by atomic mass is 10.0. The number of fused-ring (bicyclic) bond motifs is 1. The van der Waals surface area contributed by atoms with Crippen molar-refractivity contribution in [2.75, 3.05) is 0 Å². The molecule has 4 heteroatoms. The van der Waals surface area contributed by atoms with Gasteiger partial charge in [-0.15, -0.1) is 0 Å². The minimum absolute atomic E-state index is 0.00593. The average molecular weight is 252 g/mol. The van der Waals surface area contributed by atoms with Gasteiger partial charge >= 0.3 is 0 Å². The van der Waals surface area contributed by atoms with Crippen molar-refractivity contribution in [2.24, 2.45) is 5.73 Å². The van der Waals surface area contributed by atoms with Crippen LogP contribution in [-0.2, 0) is 0 Å². The molecule has 0 aliphatic rings. The summed E-state index contributed by atoms with van der Waals surface area (Å²) in [6.07, 6.45) is 5.49. The molecule has 0 aliphatic carbocycles. The molecule has 96 valence electrons. The summed E-state index contributed by atoms with van der Waals surface area (Å²) in [7, 11) is 0. The fourth-order valence-corrected chi connectivity index (χ4v) is 2.43. The molecule has 2 aromatic heterocycles. The zero-order chi connectivity index (χ0) is 13.2. The maximum Gasteiger partial charge on any atom is 0.0938 e. The predicted octanol–water partition coefficient (Wildman–Crippen LogP) is 2.37. The number of nitrogens with two attached hydrogens (primary N) is 1. The Morgan fingerprint density at radius 3 is 2.68 bits per heavy atom. The van der Waals surface area contributed by atoms with E-state index < -0.39 is 0 Å². The van der Waals surface area contributed by atoms with Crippen LogP contribution in [0.25, 0.3) is 10.9 Å². The monoisotopic (exact) mass is 252 g/mol. The molecular weight excluding hydrogens is 236 g/mol.